The fourth-order valence-corrected chi connectivity index (χ4v) is 2.11. The Hall–Kier alpha value is -1.98. The average molecular weight is 307 g/mol. The van der Waals surface area contributed by atoms with Crippen molar-refractivity contribution in [3.8, 4) is 5.75 Å². The molecule has 0 aromatic heterocycles. The van der Waals surface area contributed by atoms with E-state index in [1.165, 1.54) is 6.07 Å². The summed E-state index contributed by atoms with van der Waals surface area (Å²) >= 11 is 0. The van der Waals surface area contributed by atoms with Crippen molar-refractivity contribution in [2.45, 2.75) is 19.6 Å². The van der Waals surface area contributed by atoms with Crippen molar-refractivity contribution in [2.24, 2.45) is 0 Å². The van der Waals surface area contributed by atoms with Crippen molar-refractivity contribution in [3.05, 3.63) is 65.2 Å². The van der Waals surface area contributed by atoms with Crippen LogP contribution in [0.25, 0.3) is 0 Å². The average Bonchev–Trinajstić information content (AvgIpc) is 2.53. The number of ether oxygens (including phenoxy) is 1. The molecule has 0 aliphatic rings. The minimum absolute atomic E-state index is 0.00746. The van der Waals surface area contributed by atoms with Crippen LogP contribution in [-0.4, -0.2) is 18.3 Å². The number of nitrogens with one attached hydrogen (secondary N) is 1. The minimum atomic E-state index is -0.705. The van der Waals surface area contributed by atoms with Gasteiger partial charge in [-0.15, -0.1) is 0 Å². The van der Waals surface area contributed by atoms with Gasteiger partial charge in [0.25, 0.3) is 0 Å². The third kappa shape index (κ3) is 4.51. The Morgan fingerprint density at radius 3 is 2.73 bits per heavy atom. The van der Waals surface area contributed by atoms with Gasteiger partial charge in [0.1, 0.15) is 12.4 Å². The maximum absolute atomic E-state index is 13.4. The maximum atomic E-state index is 13.4. The molecule has 5 heteroatoms. The van der Waals surface area contributed by atoms with E-state index in [4.69, 9.17) is 9.84 Å². The summed E-state index contributed by atoms with van der Waals surface area (Å²) in [5.41, 5.74) is 1.91. The smallest absolute Gasteiger partial charge is 0.167 e. The van der Waals surface area contributed by atoms with Crippen LogP contribution in [0.3, 0.4) is 0 Å². The molecule has 0 radical (unpaired) electrons. The van der Waals surface area contributed by atoms with Crippen LogP contribution in [0.5, 0.6) is 5.75 Å². The van der Waals surface area contributed by atoms with Crippen LogP contribution < -0.4 is 10.1 Å². The number of halogens is 2. The van der Waals surface area contributed by atoms with Gasteiger partial charge in [-0.1, -0.05) is 24.3 Å². The predicted molar refractivity (Wildman–Crippen MR) is 80.6 cm³/mol. The van der Waals surface area contributed by atoms with Gasteiger partial charge in [0.05, 0.1) is 6.61 Å². The zero-order valence-electron chi connectivity index (χ0n) is 12.4. The summed E-state index contributed by atoms with van der Waals surface area (Å²) < 4.78 is 31.4. The van der Waals surface area contributed by atoms with Gasteiger partial charge in [-0.25, -0.2) is 8.78 Å². The summed E-state index contributed by atoms with van der Waals surface area (Å²) in [5, 5.41) is 12.4. The molecule has 118 valence electrons. The van der Waals surface area contributed by atoms with Gasteiger partial charge >= 0.3 is 0 Å². The van der Waals surface area contributed by atoms with E-state index in [9.17, 15) is 8.78 Å². The van der Waals surface area contributed by atoms with E-state index in [1.54, 1.807) is 0 Å². The molecule has 3 nitrogen and oxygen atoms in total. The van der Waals surface area contributed by atoms with Crippen LogP contribution in [-0.2, 0) is 6.61 Å². The second-order valence-electron chi connectivity index (χ2n) is 5.00. The summed E-state index contributed by atoms with van der Waals surface area (Å²) in [5.74, 6) is -1.29. The lowest BCUT2D eigenvalue weighted by molar-refractivity contribution is 0.281. The lowest BCUT2D eigenvalue weighted by Gasteiger charge is -2.15. The molecule has 0 heterocycles. The summed E-state index contributed by atoms with van der Waals surface area (Å²) in [6.45, 7) is 2.79. The Balaban J connectivity index is 1.80. The molecule has 0 amide bonds. The fraction of sp³-hybridized carbons (Fsp3) is 0.294. The van der Waals surface area contributed by atoms with E-state index < -0.39 is 11.6 Å². The van der Waals surface area contributed by atoms with Crippen molar-refractivity contribution < 1.29 is 18.6 Å². The molecule has 2 aromatic rings. The quantitative estimate of drug-likeness (QED) is 0.772. The van der Waals surface area contributed by atoms with Gasteiger partial charge in [-0.2, -0.15) is 0 Å². The summed E-state index contributed by atoms with van der Waals surface area (Å²) in [7, 11) is 0. The number of rotatable bonds is 7. The van der Waals surface area contributed by atoms with Crippen LogP contribution in [0.15, 0.2) is 42.5 Å². The molecule has 0 saturated heterocycles. The van der Waals surface area contributed by atoms with Gasteiger partial charge in [0.15, 0.2) is 11.6 Å². The molecule has 1 atom stereocenters. The van der Waals surface area contributed by atoms with Crippen molar-refractivity contribution in [2.75, 3.05) is 13.2 Å². The molecular weight excluding hydrogens is 288 g/mol. The first kappa shape index (κ1) is 16.4. The highest BCUT2D eigenvalue weighted by atomic mass is 19.1. The fourth-order valence-electron chi connectivity index (χ4n) is 2.11. The second kappa shape index (κ2) is 7.87. The van der Waals surface area contributed by atoms with Crippen molar-refractivity contribution in [1.29, 1.82) is 0 Å². The topological polar surface area (TPSA) is 41.5 Å². The molecule has 0 saturated carbocycles. The highest BCUT2D eigenvalue weighted by Crippen LogP contribution is 2.17. The number of aliphatic hydroxyl groups is 1. The van der Waals surface area contributed by atoms with Gasteiger partial charge in [0.2, 0.25) is 0 Å². The normalized spacial score (nSPS) is 12.2. The zero-order chi connectivity index (χ0) is 15.9. The third-order valence-corrected chi connectivity index (χ3v) is 3.34. The monoisotopic (exact) mass is 307 g/mol. The first-order valence-electron chi connectivity index (χ1n) is 7.11. The van der Waals surface area contributed by atoms with Crippen LogP contribution in [0, 0.1) is 11.6 Å². The number of aliphatic hydroxyl groups excluding tert-OH is 1. The Labute approximate surface area is 128 Å². The SMILES string of the molecule is CC(NCCOc1ccc(F)cc1F)c1cccc(CO)c1. The molecule has 0 bridgehead atoms. The molecule has 0 fully saturated rings. The largest absolute Gasteiger partial charge is 0.489 e. The minimum Gasteiger partial charge on any atom is -0.489 e. The molecule has 0 spiro atoms. The van der Waals surface area contributed by atoms with E-state index in [0.717, 1.165) is 23.3 Å². The van der Waals surface area contributed by atoms with Gasteiger partial charge in [0, 0.05) is 18.7 Å². The predicted octanol–water partition coefficient (Wildman–Crippen LogP) is 3.19. The highest BCUT2D eigenvalue weighted by Gasteiger charge is 2.07. The van der Waals surface area contributed by atoms with E-state index in [-0.39, 0.29) is 25.0 Å². The van der Waals surface area contributed by atoms with Crippen molar-refractivity contribution in [1.82, 2.24) is 5.32 Å². The van der Waals surface area contributed by atoms with E-state index in [2.05, 4.69) is 5.32 Å². The second-order valence-corrected chi connectivity index (χ2v) is 5.00. The third-order valence-electron chi connectivity index (χ3n) is 3.34. The molecule has 0 aliphatic heterocycles. The molecule has 22 heavy (non-hydrogen) atoms. The van der Waals surface area contributed by atoms with E-state index in [0.29, 0.717) is 6.54 Å². The van der Waals surface area contributed by atoms with Crippen molar-refractivity contribution >= 4 is 0 Å². The standard InChI is InChI=1S/C17H19F2NO2/c1-12(14-4-2-3-13(9-14)11-21)20-7-8-22-17-6-5-15(18)10-16(17)19/h2-6,9-10,12,20-21H,7-8,11H2,1H3. The molecule has 0 aliphatic carbocycles. The van der Waals surface area contributed by atoms with Crippen LogP contribution in [0.1, 0.15) is 24.1 Å². The lowest BCUT2D eigenvalue weighted by Crippen LogP contribution is -2.24. The van der Waals surface area contributed by atoms with Crippen LogP contribution in [0.2, 0.25) is 0 Å². The van der Waals surface area contributed by atoms with Crippen LogP contribution in [0.4, 0.5) is 8.78 Å². The number of hydrogen-bond donors (Lipinski definition) is 2. The molecular formula is C17H19F2NO2. The van der Waals surface area contributed by atoms with Gasteiger partial charge in [-0.3, -0.25) is 0 Å². The van der Waals surface area contributed by atoms with Crippen molar-refractivity contribution in [3.63, 3.8) is 0 Å². The van der Waals surface area contributed by atoms with Gasteiger partial charge < -0.3 is 15.2 Å². The summed E-state index contributed by atoms with van der Waals surface area (Å²) in [4.78, 5) is 0. The Bertz CT molecular complexity index is 619. The lowest BCUT2D eigenvalue weighted by atomic mass is 10.1. The molecule has 1 unspecified atom stereocenters. The number of hydrogen-bond acceptors (Lipinski definition) is 3. The summed E-state index contributed by atoms with van der Waals surface area (Å²) in [6.07, 6.45) is 0. The first-order valence-corrected chi connectivity index (χ1v) is 7.11. The Kier molecular flexibility index (Phi) is 5.86. The first-order chi connectivity index (χ1) is 10.6. The maximum Gasteiger partial charge on any atom is 0.167 e. The Morgan fingerprint density at radius 1 is 1.18 bits per heavy atom. The molecule has 2 N–H and O–H groups in total. The highest BCUT2D eigenvalue weighted by molar-refractivity contribution is 5.26. The molecule has 2 rings (SSSR count). The van der Waals surface area contributed by atoms with Gasteiger partial charge in [-0.05, 0) is 30.2 Å². The molecule has 2 aromatic carbocycles. The Morgan fingerprint density at radius 2 is 2.00 bits per heavy atom. The van der Waals surface area contributed by atoms with E-state index >= 15 is 0 Å². The van der Waals surface area contributed by atoms with Crippen LogP contribution >= 0.6 is 0 Å². The number of benzene rings is 2. The zero-order valence-corrected chi connectivity index (χ0v) is 12.4. The summed E-state index contributed by atoms with van der Waals surface area (Å²) in [6, 6.07) is 11.0. The van der Waals surface area contributed by atoms with E-state index in [1.807, 2.05) is 31.2 Å².